The number of nitrogens with one attached hydrogen (secondary N) is 1. The van der Waals surface area contributed by atoms with Gasteiger partial charge in [-0.2, -0.15) is 0 Å². The molecular formula is C11H12BrN3O5S. The fraction of sp³-hybridized carbons (Fsp3) is 0.273. The number of aryl methyl sites for hydroxylation is 1. The van der Waals surface area contributed by atoms with Crippen LogP contribution in [0.1, 0.15) is 17.0 Å². The molecule has 0 saturated heterocycles. The molecule has 0 unspecified atom stereocenters. The molecule has 0 aliphatic rings. The maximum Gasteiger partial charge on any atom is 0.371 e. The van der Waals surface area contributed by atoms with Gasteiger partial charge >= 0.3 is 5.97 Å². The number of hydrogen-bond donors (Lipinski definition) is 2. The smallest absolute Gasteiger partial charge is 0.371 e. The van der Waals surface area contributed by atoms with Gasteiger partial charge in [-0.1, -0.05) is 0 Å². The Hall–Kier alpha value is -1.65. The molecule has 0 aliphatic heterocycles. The van der Waals surface area contributed by atoms with Crippen LogP contribution in [0, 0.1) is 0 Å². The van der Waals surface area contributed by atoms with Gasteiger partial charge in [-0.25, -0.2) is 22.9 Å². The van der Waals surface area contributed by atoms with Crippen LogP contribution in [-0.4, -0.2) is 35.6 Å². The third-order valence-electron chi connectivity index (χ3n) is 2.60. The Labute approximate surface area is 129 Å². The standard InChI is InChI=1S/C11H12BrN3O5S/c12-10-9(6-8(20-10)11(16)17)21(18,19)14-2-1-4-15-5-3-13-7-15/h3,5-7,14H,1-2,4H2,(H,16,17). The summed E-state index contributed by atoms with van der Waals surface area (Å²) in [4.78, 5) is 14.4. The highest BCUT2D eigenvalue weighted by Crippen LogP contribution is 2.25. The Bertz CT molecular complexity index is 723. The van der Waals surface area contributed by atoms with Crippen LogP contribution in [0.15, 0.2) is 38.8 Å². The molecule has 21 heavy (non-hydrogen) atoms. The van der Waals surface area contributed by atoms with Gasteiger partial charge in [0.05, 0.1) is 6.33 Å². The van der Waals surface area contributed by atoms with E-state index in [-0.39, 0.29) is 16.1 Å². The van der Waals surface area contributed by atoms with E-state index in [4.69, 9.17) is 9.52 Å². The highest BCUT2D eigenvalue weighted by atomic mass is 79.9. The van der Waals surface area contributed by atoms with Gasteiger partial charge in [0.25, 0.3) is 0 Å². The second kappa shape index (κ2) is 6.41. The van der Waals surface area contributed by atoms with Crippen molar-refractivity contribution in [2.75, 3.05) is 6.54 Å². The van der Waals surface area contributed by atoms with Crippen molar-refractivity contribution in [2.24, 2.45) is 0 Å². The molecule has 0 saturated carbocycles. The van der Waals surface area contributed by atoms with E-state index >= 15 is 0 Å². The summed E-state index contributed by atoms with van der Waals surface area (Å²) in [5.74, 6) is -1.78. The maximum absolute atomic E-state index is 12.0. The van der Waals surface area contributed by atoms with E-state index in [2.05, 4.69) is 25.6 Å². The fourth-order valence-electron chi connectivity index (χ4n) is 1.61. The average Bonchev–Trinajstić information content (AvgIpc) is 3.04. The third-order valence-corrected chi connectivity index (χ3v) is 4.92. The summed E-state index contributed by atoms with van der Waals surface area (Å²) in [6, 6.07) is 0.963. The molecule has 0 aromatic carbocycles. The Morgan fingerprint density at radius 1 is 1.52 bits per heavy atom. The number of hydrogen-bond acceptors (Lipinski definition) is 5. The van der Waals surface area contributed by atoms with Crippen molar-refractivity contribution in [3.05, 3.63) is 35.2 Å². The van der Waals surface area contributed by atoms with Crippen LogP contribution in [0.4, 0.5) is 0 Å². The first-order valence-corrected chi connectivity index (χ1v) is 8.16. The van der Waals surface area contributed by atoms with Crippen LogP contribution in [0.5, 0.6) is 0 Å². The summed E-state index contributed by atoms with van der Waals surface area (Å²) in [6.07, 6.45) is 5.62. The Morgan fingerprint density at radius 3 is 2.86 bits per heavy atom. The summed E-state index contributed by atoms with van der Waals surface area (Å²) in [6.45, 7) is 0.829. The van der Waals surface area contributed by atoms with Gasteiger partial charge in [-0.05, 0) is 22.4 Å². The van der Waals surface area contributed by atoms with Crippen molar-refractivity contribution in [3.8, 4) is 0 Å². The van der Waals surface area contributed by atoms with Crippen molar-refractivity contribution in [2.45, 2.75) is 17.9 Å². The van der Waals surface area contributed by atoms with E-state index in [0.29, 0.717) is 13.0 Å². The molecular weight excluding hydrogens is 366 g/mol. The van der Waals surface area contributed by atoms with Crippen LogP contribution in [0.3, 0.4) is 0 Å². The van der Waals surface area contributed by atoms with Gasteiger partial charge in [-0.15, -0.1) is 0 Å². The molecule has 0 spiro atoms. The largest absolute Gasteiger partial charge is 0.475 e. The lowest BCUT2D eigenvalue weighted by Crippen LogP contribution is -2.25. The number of nitrogens with zero attached hydrogens (tertiary/aromatic N) is 2. The minimum absolute atomic E-state index is 0.137. The second-order valence-electron chi connectivity index (χ2n) is 4.11. The molecule has 8 nitrogen and oxygen atoms in total. The molecule has 0 aliphatic carbocycles. The minimum Gasteiger partial charge on any atom is -0.475 e. The summed E-state index contributed by atoms with van der Waals surface area (Å²) >= 11 is 2.90. The van der Waals surface area contributed by atoms with Gasteiger partial charge < -0.3 is 14.1 Å². The Balaban J connectivity index is 1.96. The quantitative estimate of drug-likeness (QED) is 0.702. The molecule has 0 amide bonds. The van der Waals surface area contributed by atoms with Crippen LogP contribution in [0.2, 0.25) is 0 Å². The summed E-state index contributed by atoms with van der Waals surface area (Å²) < 4.78 is 33.0. The number of carbonyl (C=O) groups is 1. The zero-order valence-corrected chi connectivity index (χ0v) is 13.1. The second-order valence-corrected chi connectivity index (χ2v) is 6.56. The number of aromatic carboxylic acids is 1. The van der Waals surface area contributed by atoms with E-state index in [0.717, 1.165) is 6.07 Å². The van der Waals surface area contributed by atoms with Gasteiger partial charge in [-0.3, -0.25) is 0 Å². The Kier molecular flexibility index (Phi) is 4.80. The number of aromatic nitrogens is 2. The van der Waals surface area contributed by atoms with Crippen LogP contribution in [0.25, 0.3) is 0 Å². The number of halogens is 1. The van der Waals surface area contributed by atoms with Crippen molar-refractivity contribution in [1.29, 1.82) is 0 Å². The van der Waals surface area contributed by atoms with E-state index < -0.39 is 21.8 Å². The SMILES string of the molecule is O=C(O)c1cc(S(=O)(=O)NCCCn2ccnc2)c(Br)o1. The van der Waals surface area contributed by atoms with E-state index in [9.17, 15) is 13.2 Å². The van der Waals surface area contributed by atoms with Crippen molar-refractivity contribution in [3.63, 3.8) is 0 Å². The van der Waals surface area contributed by atoms with E-state index in [1.807, 2.05) is 4.57 Å². The predicted octanol–water partition coefficient (Wildman–Crippen LogP) is 1.31. The minimum atomic E-state index is -3.82. The molecule has 0 radical (unpaired) electrons. The topological polar surface area (TPSA) is 114 Å². The van der Waals surface area contributed by atoms with E-state index in [1.54, 1.807) is 18.7 Å². The highest BCUT2D eigenvalue weighted by molar-refractivity contribution is 9.10. The molecule has 2 N–H and O–H groups in total. The lowest BCUT2D eigenvalue weighted by atomic mass is 10.4. The summed E-state index contributed by atoms with van der Waals surface area (Å²) in [7, 11) is -3.82. The first-order valence-electron chi connectivity index (χ1n) is 5.88. The molecule has 2 aromatic rings. The molecule has 2 aromatic heterocycles. The van der Waals surface area contributed by atoms with Gasteiger partial charge in [0.2, 0.25) is 15.8 Å². The predicted molar refractivity (Wildman–Crippen MR) is 75.4 cm³/mol. The molecule has 0 bridgehead atoms. The van der Waals surface area contributed by atoms with Gasteiger partial charge in [0.15, 0.2) is 4.67 Å². The number of furan rings is 1. The Morgan fingerprint density at radius 2 is 2.29 bits per heavy atom. The molecule has 0 fully saturated rings. The highest BCUT2D eigenvalue weighted by Gasteiger charge is 2.24. The lowest BCUT2D eigenvalue weighted by Gasteiger charge is -2.05. The van der Waals surface area contributed by atoms with Crippen LogP contribution in [-0.2, 0) is 16.6 Å². The summed E-state index contributed by atoms with van der Waals surface area (Å²) in [5.41, 5.74) is 0. The molecule has 0 atom stereocenters. The lowest BCUT2D eigenvalue weighted by molar-refractivity contribution is 0.0661. The van der Waals surface area contributed by atoms with Crippen molar-refractivity contribution in [1.82, 2.24) is 14.3 Å². The van der Waals surface area contributed by atoms with Gasteiger partial charge in [0, 0.05) is 31.5 Å². The number of carboxylic acid groups (broad SMARTS) is 1. The number of imidazole rings is 1. The zero-order chi connectivity index (χ0) is 15.5. The number of carboxylic acids is 1. The first-order chi connectivity index (χ1) is 9.90. The van der Waals surface area contributed by atoms with Crippen molar-refractivity contribution < 1.29 is 22.7 Å². The van der Waals surface area contributed by atoms with Crippen molar-refractivity contribution >= 4 is 31.9 Å². The normalized spacial score (nSPS) is 11.7. The monoisotopic (exact) mass is 377 g/mol. The first kappa shape index (κ1) is 15.7. The maximum atomic E-state index is 12.0. The third kappa shape index (κ3) is 3.93. The van der Waals surface area contributed by atoms with E-state index in [1.165, 1.54) is 0 Å². The van der Waals surface area contributed by atoms with Crippen LogP contribution < -0.4 is 4.72 Å². The van der Waals surface area contributed by atoms with Crippen LogP contribution >= 0.6 is 15.9 Å². The molecule has 114 valence electrons. The fourth-order valence-corrected chi connectivity index (χ4v) is 3.62. The zero-order valence-electron chi connectivity index (χ0n) is 10.7. The molecule has 10 heteroatoms. The average molecular weight is 378 g/mol. The van der Waals surface area contributed by atoms with Gasteiger partial charge in [0.1, 0.15) is 4.90 Å². The summed E-state index contributed by atoms with van der Waals surface area (Å²) in [5, 5.41) is 8.77. The number of rotatable bonds is 7. The molecule has 2 rings (SSSR count). The molecule has 2 heterocycles. The number of sulfonamides is 1.